The summed E-state index contributed by atoms with van der Waals surface area (Å²) in [5, 5.41) is 9.51. The molecular weight excluding hydrogens is 248 g/mol. The molecule has 1 amide bonds. The molecule has 1 saturated heterocycles. The highest BCUT2D eigenvalue weighted by Crippen LogP contribution is 2.39. The van der Waals surface area contributed by atoms with Crippen LogP contribution in [0, 0.1) is 16.7 Å². The highest BCUT2D eigenvalue weighted by atomic mass is 16.2. The Morgan fingerprint density at radius 3 is 2.75 bits per heavy atom. The van der Waals surface area contributed by atoms with Crippen molar-refractivity contribution in [1.29, 1.82) is 5.26 Å². The number of hydrogen-bond donors (Lipinski definition) is 0. The van der Waals surface area contributed by atoms with Crippen LogP contribution in [0.25, 0.3) is 0 Å². The molecule has 1 aliphatic heterocycles. The smallest absolute Gasteiger partial charge is 0.251 e. The highest BCUT2D eigenvalue weighted by Gasteiger charge is 2.49. The van der Waals surface area contributed by atoms with Gasteiger partial charge in [-0.15, -0.1) is 0 Å². The minimum Gasteiger partial charge on any atom is -0.332 e. The van der Waals surface area contributed by atoms with Crippen LogP contribution in [0.1, 0.15) is 5.56 Å². The molecule has 0 N–H and O–H groups in total. The van der Waals surface area contributed by atoms with Crippen LogP contribution in [-0.4, -0.2) is 17.4 Å². The first kappa shape index (κ1) is 12.4. The number of allylic oxidation sites excluding steroid dienone is 4. The lowest BCUT2D eigenvalue weighted by Gasteiger charge is -2.18. The highest BCUT2D eigenvalue weighted by molar-refractivity contribution is 5.95. The van der Waals surface area contributed by atoms with Gasteiger partial charge < -0.3 is 4.90 Å². The first-order valence-corrected chi connectivity index (χ1v) is 6.56. The molecule has 0 spiro atoms. The maximum absolute atomic E-state index is 12.6. The second-order valence-electron chi connectivity index (χ2n) is 5.00. The number of amides is 1. The molecule has 3 nitrogen and oxygen atoms in total. The van der Waals surface area contributed by atoms with Gasteiger partial charge in [-0.05, 0) is 11.1 Å². The lowest BCUT2D eigenvalue weighted by Crippen LogP contribution is -2.32. The Bertz CT molecular complexity index is 664. The van der Waals surface area contributed by atoms with Crippen molar-refractivity contribution in [3.63, 3.8) is 0 Å². The standard InChI is InChI=1S/C17H14N2O/c18-13-17-10-6-2-5-9-15(17)12-19(16(17)20)11-14-7-3-1-4-8-14/h1-10H,11-12H2. The van der Waals surface area contributed by atoms with Crippen LogP contribution in [0.2, 0.25) is 0 Å². The Labute approximate surface area is 118 Å². The van der Waals surface area contributed by atoms with Gasteiger partial charge in [0.15, 0.2) is 5.41 Å². The number of carbonyl (C=O) groups excluding carboxylic acids is 1. The van der Waals surface area contributed by atoms with Crippen molar-refractivity contribution in [2.24, 2.45) is 5.41 Å². The Morgan fingerprint density at radius 2 is 2.00 bits per heavy atom. The molecule has 98 valence electrons. The van der Waals surface area contributed by atoms with Gasteiger partial charge in [0.05, 0.1) is 6.07 Å². The average Bonchev–Trinajstić information content (AvgIpc) is 2.65. The van der Waals surface area contributed by atoms with Gasteiger partial charge in [0.1, 0.15) is 0 Å². The number of likely N-dealkylation sites (tertiary alicyclic amines) is 1. The van der Waals surface area contributed by atoms with E-state index in [1.807, 2.05) is 48.6 Å². The van der Waals surface area contributed by atoms with Crippen LogP contribution < -0.4 is 0 Å². The van der Waals surface area contributed by atoms with Gasteiger partial charge in [-0.1, -0.05) is 60.7 Å². The van der Waals surface area contributed by atoms with Crippen molar-refractivity contribution in [2.75, 3.05) is 6.54 Å². The fraction of sp³-hybridized carbons (Fsp3) is 0.176. The summed E-state index contributed by atoms with van der Waals surface area (Å²) in [6.45, 7) is 1.05. The zero-order chi connectivity index (χ0) is 14.0. The van der Waals surface area contributed by atoms with Crippen molar-refractivity contribution in [1.82, 2.24) is 4.90 Å². The van der Waals surface area contributed by atoms with Crippen molar-refractivity contribution in [3.8, 4) is 6.07 Å². The molecule has 1 aliphatic carbocycles. The van der Waals surface area contributed by atoms with Crippen molar-refractivity contribution in [3.05, 3.63) is 71.8 Å². The largest absolute Gasteiger partial charge is 0.332 e. The molecule has 2 aliphatic rings. The van der Waals surface area contributed by atoms with Gasteiger partial charge in [0.2, 0.25) is 0 Å². The van der Waals surface area contributed by atoms with E-state index in [1.165, 1.54) is 0 Å². The number of rotatable bonds is 2. The maximum atomic E-state index is 12.6. The van der Waals surface area contributed by atoms with Crippen LogP contribution in [0.3, 0.4) is 0 Å². The molecule has 1 aromatic rings. The van der Waals surface area contributed by atoms with Gasteiger partial charge in [-0.3, -0.25) is 4.79 Å². The summed E-state index contributed by atoms with van der Waals surface area (Å²) in [4.78, 5) is 14.4. The fourth-order valence-corrected chi connectivity index (χ4v) is 2.68. The molecule has 0 aromatic heterocycles. The molecule has 1 atom stereocenters. The van der Waals surface area contributed by atoms with E-state index < -0.39 is 5.41 Å². The van der Waals surface area contributed by atoms with E-state index in [0.717, 1.165) is 11.1 Å². The fourth-order valence-electron chi connectivity index (χ4n) is 2.68. The van der Waals surface area contributed by atoms with Gasteiger partial charge in [-0.2, -0.15) is 5.26 Å². The zero-order valence-corrected chi connectivity index (χ0v) is 11.0. The third kappa shape index (κ3) is 1.86. The molecular formula is C17H14N2O. The van der Waals surface area contributed by atoms with Crippen molar-refractivity contribution in [2.45, 2.75) is 6.54 Å². The number of benzene rings is 1. The Kier molecular flexibility index (Phi) is 3.00. The molecule has 3 rings (SSSR count). The molecule has 0 radical (unpaired) electrons. The number of fused-ring (bicyclic) bond motifs is 1. The Hall–Kier alpha value is -2.60. The Balaban J connectivity index is 1.93. The molecule has 1 heterocycles. The first-order valence-electron chi connectivity index (χ1n) is 6.56. The Morgan fingerprint density at radius 1 is 1.20 bits per heavy atom. The van der Waals surface area contributed by atoms with E-state index in [4.69, 9.17) is 0 Å². The summed E-state index contributed by atoms with van der Waals surface area (Å²) in [5.74, 6) is -0.130. The van der Waals surface area contributed by atoms with E-state index >= 15 is 0 Å². The van der Waals surface area contributed by atoms with E-state index in [1.54, 1.807) is 17.1 Å². The minimum atomic E-state index is -1.11. The third-order valence-electron chi connectivity index (χ3n) is 3.75. The molecule has 0 saturated carbocycles. The number of nitriles is 1. The molecule has 0 bridgehead atoms. The van der Waals surface area contributed by atoms with Gasteiger partial charge >= 0.3 is 0 Å². The number of hydrogen-bond acceptors (Lipinski definition) is 2. The van der Waals surface area contributed by atoms with E-state index in [0.29, 0.717) is 13.1 Å². The van der Waals surface area contributed by atoms with E-state index in [2.05, 4.69) is 6.07 Å². The molecule has 3 heteroatoms. The topological polar surface area (TPSA) is 44.1 Å². The minimum absolute atomic E-state index is 0.130. The number of carbonyl (C=O) groups is 1. The predicted octanol–water partition coefficient (Wildman–Crippen LogP) is 2.59. The second-order valence-corrected chi connectivity index (χ2v) is 5.00. The molecule has 1 fully saturated rings. The monoisotopic (exact) mass is 262 g/mol. The lowest BCUT2D eigenvalue weighted by molar-refractivity contribution is -0.132. The van der Waals surface area contributed by atoms with E-state index in [-0.39, 0.29) is 5.91 Å². The van der Waals surface area contributed by atoms with Gasteiger partial charge in [0.25, 0.3) is 5.91 Å². The van der Waals surface area contributed by atoms with Crippen LogP contribution in [-0.2, 0) is 11.3 Å². The summed E-state index contributed by atoms with van der Waals surface area (Å²) < 4.78 is 0. The van der Waals surface area contributed by atoms with Crippen LogP contribution >= 0.6 is 0 Å². The predicted molar refractivity (Wildman–Crippen MR) is 76.3 cm³/mol. The summed E-state index contributed by atoms with van der Waals surface area (Å²) in [6, 6.07) is 12.0. The van der Waals surface area contributed by atoms with Crippen LogP contribution in [0.4, 0.5) is 0 Å². The zero-order valence-electron chi connectivity index (χ0n) is 11.0. The van der Waals surface area contributed by atoms with Gasteiger partial charge in [-0.25, -0.2) is 0 Å². The summed E-state index contributed by atoms with van der Waals surface area (Å²) in [7, 11) is 0. The van der Waals surface area contributed by atoms with Gasteiger partial charge in [0, 0.05) is 13.1 Å². The third-order valence-corrected chi connectivity index (χ3v) is 3.75. The van der Waals surface area contributed by atoms with Crippen LogP contribution in [0.15, 0.2) is 66.3 Å². The second kappa shape index (κ2) is 4.82. The summed E-state index contributed by atoms with van der Waals surface area (Å²) in [6.07, 6.45) is 9.09. The first-order chi connectivity index (χ1) is 9.76. The maximum Gasteiger partial charge on any atom is 0.251 e. The molecule has 20 heavy (non-hydrogen) atoms. The quantitative estimate of drug-likeness (QED) is 0.822. The SMILES string of the molecule is N#CC12C=CC=CC=C1CN(Cc1ccccc1)C2=O. The lowest BCUT2D eigenvalue weighted by atomic mass is 9.83. The van der Waals surface area contributed by atoms with Crippen molar-refractivity contribution < 1.29 is 4.79 Å². The van der Waals surface area contributed by atoms with E-state index in [9.17, 15) is 10.1 Å². The molecule has 1 unspecified atom stereocenters. The molecule has 1 aromatic carbocycles. The number of nitrogens with zero attached hydrogens (tertiary/aromatic N) is 2. The average molecular weight is 262 g/mol. The normalized spacial score (nSPS) is 24.1. The summed E-state index contributed by atoms with van der Waals surface area (Å²) >= 11 is 0. The van der Waals surface area contributed by atoms with Crippen LogP contribution in [0.5, 0.6) is 0 Å². The van der Waals surface area contributed by atoms with Crippen molar-refractivity contribution >= 4 is 5.91 Å². The summed E-state index contributed by atoms with van der Waals surface area (Å²) in [5.41, 5.74) is 0.814.